The molecule has 1 aromatic carbocycles. The molecule has 0 aliphatic heterocycles. The van der Waals surface area contributed by atoms with E-state index in [0.717, 1.165) is 0 Å². The average molecular weight is 216 g/mol. The van der Waals surface area contributed by atoms with Gasteiger partial charge in [0, 0.05) is 18.5 Å². The predicted molar refractivity (Wildman–Crippen MR) is 41.7 cm³/mol. The summed E-state index contributed by atoms with van der Waals surface area (Å²) in [5, 5.41) is 20.6. The van der Waals surface area contributed by atoms with Crippen molar-refractivity contribution in [1.82, 2.24) is 0 Å². The van der Waals surface area contributed by atoms with E-state index >= 15 is 0 Å². The molecule has 0 aliphatic carbocycles. The van der Waals surface area contributed by atoms with Crippen LogP contribution in [-0.2, 0) is 11.2 Å². The molecule has 0 fully saturated rings. The largest absolute Gasteiger partial charge is 0.550 e. The van der Waals surface area contributed by atoms with Gasteiger partial charge in [0.05, 0.1) is 10.5 Å². The first-order chi connectivity index (χ1) is 6.93. The van der Waals surface area contributed by atoms with Crippen molar-refractivity contribution in [2.75, 3.05) is 0 Å². The Kier molecular flexibility index (Phi) is 2.93. The summed E-state index contributed by atoms with van der Waals surface area (Å²) >= 11 is 0. The summed E-state index contributed by atoms with van der Waals surface area (Å²) in [6.07, 6.45) is -1.04. The predicted octanol–water partition coefficient (Wildman–Crippen LogP) is 0.165. The molecular weight excluding hydrogens is 212 g/mol. The zero-order valence-corrected chi connectivity index (χ0v) is 7.20. The molecule has 0 spiro atoms. The summed E-state index contributed by atoms with van der Waals surface area (Å²) in [6, 6.07) is 1.27. The number of nitro benzene ring substituents is 1. The number of nitrogens with zero attached hydrogens (tertiary/aromatic N) is 1. The first kappa shape index (κ1) is 11.0. The number of carbonyl (C=O) groups is 1. The minimum atomic E-state index is -1.72. The molecular formula is C8H4F2NO4-. The van der Waals surface area contributed by atoms with E-state index in [4.69, 9.17) is 0 Å². The number of carboxylic acid groups (broad SMARTS) is 1. The van der Waals surface area contributed by atoms with E-state index < -0.39 is 40.2 Å². The molecule has 15 heavy (non-hydrogen) atoms. The van der Waals surface area contributed by atoms with Crippen molar-refractivity contribution in [2.45, 2.75) is 6.42 Å². The highest BCUT2D eigenvalue weighted by Gasteiger charge is 2.21. The number of benzene rings is 1. The number of carboxylic acids is 1. The Hall–Kier alpha value is -2.05. The van der Waals surface area contributed by atoms with Crippen LogP contribution in [0.2, 0.25) is 0 Å². The van der Waals surface area contributed by atoms with E-state index in [2.05, 4.69) is 0 Å². The molecule has 0 amide bonds. The van der Waals surface area contributed by atoms with Gasteiger partial charge in [0.25, 0.3) is 5.69 Å². The molecule has 1 aromatic rings. The Morgan fingerprint density at radius 2 is 2.00 bits per heavy atom. The van der Waals surface area contributed by atoms with Crippen molar-refractivity contribution in [3.8, 4) is 0 Å². The van der Waals surface area contributed by atoms with Gasteiger partial charge in [0.2, 0.25) is 0 Å². The van der Waals surface area contributed by atoms with Crippen LogP contribution in [0.4, 0.5) is 14.5 Å². The highest BCUT2D eigenvalue weighted by molar-refractivity contribution is 5.70. The van der Waals surface area contributed by atoms with Gasteiger partial charge in [0.15, 0.2) is 11.6 Å². The molecule has 7 heteroatoms. The second kappa shape index (κ2) is 3.99. The smallest absolute Gasteiger partial charge is 0.276 e. The minimum absolute atomic E-state index is 0.562. The molecule has 0 aromatic heterocycles. The van der Waals surface area contributed by atoms with Crippen LogP contribution in [0.5, 0.6) is 0 Å². The van der Waals surface area contributed by atoms with Crippen LogP contribution in [-0.4, -0.2) is 10.9 Å². The van der Waals surface area contributed by atoms with Crippen LogP contribution >= 0.6 is 0 Å². The summed E-state index contributed by atoms with van der Waals surface area (Å²) in [6.45, 7) is 0. The summed E-state index contributed by atoms with van der Waals surface area (Å²) in [4.78, 5) is 19.6. The number of rotatable bonds is 3. The highest BCUT2D eigenvalue weighted by Crippen LogP contribution is 2.23. The van der Waals surface area contributed by atoms with Crippen LogP contribution < -0.4 is 5.11 Å². The topological polar surface area (TPSA) is 83.3 Å². The van der Waals surface area contributed by atoms with Gasteiger partial charge in [-0.05, 0) is 6.07 Å². The van der Waals surface area contributed by atoms with Gasteiger partial charge in [-0.3, -0.25) is 10.1 Å². The first-order valence-electron chi connectivity index (χ1n) is 3.74. The van der Waals surface area contributed by atoms with Crippen LogP contribution in [0.25, 0.3) is 0 Å². The van der Waals surface area contributed by atoms with Gasteiger partial charge in [-0.15, -0.1) is 0 Å². The van der Waals surface area contributed by atoms with Gasteiger partial charge in [-0.2, -0.15) is 0 Å². The lowest BCUT2D eigenvalue weighted by atomic mass is 10.1. The van der Waals surface area contributed by atoms with E-state index in [-0.39, 0.29) is 0 Å². The zero-order chi connectivity index (χ0) is 11.6. The third-order valence-corrected chi connectivity index (χ3v) is 1.69. The Labute approximate surface area is 82.1 Å². The monoisotopic (exact) mass is 216 g/mol. The van der Waals surface area contributed by atoms with Gasteiger partial charge in [0.1, 0.15) is 0 Å². The fourth-order valence-corrected chi connectivity index (χ4v) is 1.07. The molecule has 1 rings (SSSR count). The molecule has 0 heterocycles. The quantitative estimate of drug-likeness (QED) is 0.532. The molecule has 0 N–H and O–H groups in total. The Morgan fingerprint density at radius 1 is 1.40 bits per heavy atom. The number of aliphatic carboxylic acids is 1. The van der Waals surface area contributed by atoms with E-state index in [1.165, 1.54) is 0 Å². The number of nitro groups is 1. The molecule has 0 saturated carbocycles. The second-order valence-corrected chi connectivity index (χ2v) is 2.66. The fourth-order valence-electron chi connectivity index (χ4n) is 1.07. The molecule has 0 radical (unpaired) electrons. The van der Waals surface area contributed by atoms with E-state index in [1.54, 1.807) is 0 Å². The van der Waals surface area contributed by atoms with E-state index in [0.29, 0.717) is 12.1 Å². The average Bonchev–Trinajstić information content (AvgIpc) is 2.12. The van der Waals surface area contributed by atoms with Crippen LogP contribution in [0, 0.1) is 21.7 Å². The number of hydrogen-bond acceptors (Lipinski definition) is 4. The van der Waals surface area contributed by atoms with E-state index in [1.807, 2.05) is 0 Å². The summed E-state index contributed by atoms with van der Waals surface area (Å²) < 4.78 is 25.7. The molecule has 5 nitrogen and oxygen atoms in total. The first-order valence-corrected chi connectivity index (χ1v) is 3.74. The maximum Gasteiger partial charge on any atom is 0.276 e. The van der Waals surface area contributed by atoms with Gasteiger partial charge in [-0.25, -0.2) is 8.78 Å². The van der Waals surface area contributed by atoms with Crippen molar-refractivity contribution in [3.05, 3.63) is 39.4 Å². The zero-order valence-electron chi connectivity index (χ0n) is 7.20. The number of hydrogen-bond donors (Lipinski definition) is 0. The van der Waals surface area contributed by atoms with Crippen molar-refractivity contribution in [2.24, 2.45) is 0 Å². The third-order valence-electron chi connectivity index (χ3n) is 1.69. The van der Waals surface area contributed by atoms with Crippen LogP contribution in [0.1, 0.15) is 5.56 Å². The van der Waals surface area contributed by atoms with Crippen molar-refractivity contribution in [3.63, 3.8) is 0 Å². The SMILES string of the molecule is O=C([O-])Cc1c([N+](=O)[O-])ccc(F)c1F. The molecule has 0 unspecified atom stereocenters. The molecule has 0 aliphatic rings. The van der Waals surface area contributed by atoms with Crippen molar-refractivity contribution < 1.29 is 23.6 Å². The lowest BCUT2D eigenvalue weighted by Gasteiger charge is -2.05. The Morgan fingerprint density at radius 3 is 2.47 bits per heavy atom. The Bertz CT molecular complexity index is 433. The lowest BCUT2D eigenvalue weighted by molar-refractivity contribution is -0.386. The normalized spacial score (nSPS) is 10.0. The lowest BCUT2D eigenvalue weighted by Crippen LogP contribution is -2.25. The van der Waals surface area contributed by atoms with Crippen LogP contribution in [0.15, 0.2) is 12.1 Å². The summed E-state index contributed by atoms with van der Waals surface area (Å²) in [5.41, 5.74) is -1.60. The second-order valence-electron chi connectivity index (χ2n) is 2.66. The van der Waals surface area contributed by atoms with Gasteiger partial charge in [-0.1, -0.05) is 0 Å². The minimum Gasteiger partial charge on any atom is -0.550 e. The maximum atomic E-state index is 13.0. The van der Waals surface area contributed by atoms with E-state index in [9.17, 15) is 28.8 Å². The van der Waals surface area contributed by atoms with Crippen molar-refractivity contribution in [1.29, 1.82) is 0 Å². The molecule has 0 saturated heterocycles. The molecule has 0 bridgehead atoms. The fraction of sp³-hybridized carbons (Fsp3) is 0.125. The third kappa shape index (κ3) is 2.25. The summed E-state index contributed by atoms with van der Waals surface area (Å²) in [7, 11) is 0. The van der Waals surface area contributed by atoms with Crippen molar-refractivity contribution >= 4 is 11.7 Å². The van der Waals surface area contributed by atoms with Crippen LogP contribution in [0.3, 0.4) is 0 Å². The molecule has 0 atom stereocenters. The van der Waals surface area contributed by atoms with Gasteiger partial charge < -0.3 is 9.90 Å². The highest BCUT2D eigenvalue weighted by atomic mass is 19.2. The standard InChI is InChI=1S/C8H5F2NO4/c9-5-1-2-6(11(14)15)4(8(5)10)3-7(12)13/h1-2H,3H2,(H,12,13)/p-1. The molecule has 80 valence electrons. The number of halogens is 2. The Balaban J connectivity index is 3.34. The number of carbonyl (C=O) groups excluding carboxylic acids is 1. The van der Waals surface area contributed by atoms with Gasteiger partial charge >= 0.3 is 0 Å². The summed E-state index contributed by atoms with van der Waals surface area (Å²) in [5.74, 6) is -4.59. The maximum absolute atomic E-state index is 13.0.